The summed E-state index contributed by atoms with van der Waals surface area (Å²) in [6.07, 6.45) is 0. The number of methoxy groups -OCH3 is 1. The summed E-state index contributed by atoms with van der Waals surface area (Å²) >= 11 is 0. The quantitative estimate of drug-likeness (QED) is 0.475. The number of ether oxygens (including phenoxy) is 1. The number of nitrogens with zero attached hydrogens (tertiary/aromatic N) is 4. The van der Waals surface area contributed by atoms with E-state index in [1.54, 1.807) is 54.0 Å². The summed E-state index contributed by atoms with van der Waals surface area (Å²) in [4.78, 5) is 26.3. The van der Waals surface area contributed by atoms with Crippen LogP contribution in [0.5, 0.6) is 5.75 Å². The standard InChI is InChI=1S/C24H19N5O3/c1-15-26-27-24-28(15)21-13-16(22(30)25-17-7-6-10-19(14-17)32-2)11-12-20(21)23(31)29(24)18-8-4-3-5-9-18/h3-14H,1-2H3,(H,25,30). The summed E-state index contributed by atoms with van der Waals surface area (Å²) in [5, 5.41) is 11.7. The Morgan fingerprint density at radius 1 is 0.969 bits per heavy atom. The van der Waals surface area contributed by atoms with Crippen molar-refractivity contribution in [3.63, 3.8) is 0 Å². The van der Waals surface area contributed by atoms with Gasteiger partial charge in [-0.25, -0.2) is 4.57 Å². The molecule has 3 aromatic carbocycles. The van der Waals surface area contributed by atoms with Crippen LogP contribution in [0.25, 0.3) is 22.4 Å². The molecule has 0 aliphatic rings. The van der Waals surface area contributed by atoms with Gasteiger partial charge in [-0.1, -0.05) is 24.3 Å². The van der Waals surface area contributed by atoms with Crippen LogP contribution in [0.15, 0.2) is 77.6 Å². The predicted octanol–water partition coefficient (Wildman–Crippen LogP) is 3.60. The van der Waals surface area contributed by atoms with Gasteiger partial charge in [0.25, 0.3) is 11.5 Å². The lowest BCUT2D eigenvalue weighted by Gasteiger charge is -2.12. The van der Waals surface area contributed by atoms with Gasteiger partial charge in [0.05, 0.1) is 23.7 Å². The summed E-state index contributed by atoms with van der Waals surface area (Å²) in [5.74, 6) is 1.34. The number of fused-ring (bicyclic) bond motifs is 3. The Morgan fingerprint density at radius 3 is 2.56 bits per heavy atom. The van der Waals surface area contributed by atoms with Gasteiger partial charge in [-0.2, -0.15) is 0 Å². The summed E-state index contributed by atoms with van der Waals surface area (Å²) in [6.45, 7) is 1.81. The minimum atomic E-state index is -0.300. The van der Waals surface area contributed by atoms with Crippen LogP contribution in [-0.2, 0) is 0 Å². The van der Waals surface area contributed by atoms with Gasteiger partial charge >= 0.3 is 0 Å². The van der Waals surface area contributed by atoms with E-state index in [-0.39, 0.29) is 11.5 Å². The van der Waals surface area contributed by atoms with Crippen LogP contribution in [0.4, 0.5) is 5.69 Å². The molecule has 1 amide bonds. The van der Waals surface area contributed by atoms with Crippen LogP contribution < -0.4 is 15.6 Å². The Labute approximate surface area is 182 Å². The first-order valence-electron chi connectivity index (χ1n) is 9.98. The first kappa shape index (κ1) is 19.5. The zero-order chi connectivity index (χ0) is 22.2. The predicted molar refractivity (Wildman–Crippen MR) is 122 cm³/mol. The molecule has 0 unspecified atom stereocenters. The van der Waals surface area contributed by atoms with Crippen molar-refractivity contribution in [1.29, 1.82) is 0 Å². The van der Waals surface area contributed by atoms with E-state index in [1.807, 2.05) is 37.3 Å². The van der Waals surface area contributed by atoms with Crippen LogP contribution in [0.2, 0.25) is 0 Å². The molecule has 2 heterocycles. The summed E-state index contributed by atoms with van der Waals surface area (Å²) in [7, 11) is 1.57. The number of hydrogen-bond donors (Lipinski definition) is 1. The molecule has 8 nitrogen and oxygen atoms in total. The fourth-order valence-electron chi connectivity index (χ4n) is 3.74. The lowest BCUT2D eigenvalue weighted by atomic mass is 10.1. The van der Waals surface area contributed by atoms with Crippen LogP contribution >= 0.6 is 0 Å². The molecule has 32 heavy (non-hydrogen) atoms. The van der Waals surface area contributed by atoms with Crippen molar-refractivity contribution in [1.82, 2.24) is 19.2 Å². The second kappa shape index (κ2) is 7.66. The Bertz CT molecular complexity index is 1540. The molecule has 0 aliphatic carbocycles. The van der Waals surface area contributed by atoms with Crippen molar-refractivity contribution in [2.45, 2.75) is 6.92 Å². The molecule has 0 saturated carbocycles. The number of carbonyl (C=O) groups excluding carboxylic acids is 1. The van der Waals surface area contributed by atoms with Gasteiger partial charge in [-0.15, -0.1) is 10.2 Å². The van der Waals surface area contributed by atoms with E-state index in [1.165, 1.54) is 4.57 Å². The number of aromatic nitrogens is 4. The number of aryl methyl sites for hydroxylation is 1. The van der Waals surface area contributed by atoms with Crippen LogP contribution in [0, 0.1) is 6.92 Å². The molecule has 0 bridgehead atoms. The molecule has 0 atom stereocenters. The molecule has 0 saturated heterocycles. The van der Waals surface area contributed by atoms with Gasteiger partial charge in [-0.3, -0.25) is 14.0 Å². The van der Waals surface area contributed by atoms with Gasteiger partial charge in [0.15, 0.2) is 0 Å². The van der Waals surface area contributed by atoms with Crippen molar-refractivity contribution in [3.8, 4) is 11.4 Å². The highest BCUT2D eigenvalue weighted by atomic mass is 16.5. The number of hydrogen-bond acceptors (Lipinski definition) is 5. The fraction of sp³-hybridized carbons (Fsp3) is 0.0833. The average Bonchev–Trinajstić information content (AvgIpc) is 3.21. The molecular weight excluding hydrogens is 406 g/mol. The minimum Gasteiger partial charge on any atom is -0.497 e. The molecule has 5 rings (SSSR count). The molecule has 158 valence electrons. The van der Waals surface area contributed by atoms with Gasteiger partial charge in [0.2, 0.25) is 5.78 Å². The van der Waals surface area contributed by atoms with E-state index in [9.17, 15) is 9.59 Å². The summed E-state index contributed by atoms with van der Waals surface area (Å²) < 4.78 is 8.52. The fourth-order valence-corrected chi connectivity index (χ4v) is 3.74. The Morgan fingerprint density at radius 2 is 1.78 bits per heavy atom. The molecule has 0 spiro atoms. The van der Waals surface area contributed by atoms with Gasteiger partial charge in [0.1, 0.15) is 11.6 Å². The van der Waals surface area contributed by atoms with Crippen molar-refractivity contribution in [2.24, 2.45) is 0 Å². The molecule has 8 heteroatoms. The second-order valence-corrected chi connectivity index (χ2v) is 7.28. The lowest BCUT2D eigenvalue weighted by Crippen LogP contribution is -2.22. The van der Waals surface area contributed by atoms with E-state index in [0.29, 0.717) is 45.2 Å². The second-order valence-electron chi connectivity index (χ2n) is 7.28. The Kier molecular flexibility index (Phi) is 4.67. The van der Waals surface area contributed by atoms with E-state index in [4.69, 9.17) is 4.74 Å². The van der Waals surface area contributed by atoms with Crippen LogP contribution in [0.1, 0.15) is 16.2 Å². The number of anilines is 1. The van der Waals surface area contributed by atoms with E-state index in [0.717, 1.165) is 0 Å². The van der Waals surface area contributed by atoms with Gasteiger partial charge in [0, 0.05) is 17.3 Å². The highest BCUT2D eigenvalue weighted by Gasteiger charge is 2.18. The number of rotatable bonds is 4. The molecule has 5 aromatic rings. The first-order valence-corrected chi connectivity index (χ1v) is 9.98. The maximum atomic E-state index is 13.4. The topological polar surface area (TPSA) is 90.5 Å². The summed E-state index contributed by atoms with van der Waals surface area (Å²) in [5.41, 5.74) is 2.05. The number of carbonyl (C=O) groups is 1. The van der Waals surface area contributed by atoms with Gasteiger partial charge < -0.3 is 10.1 Å². The average molecular weight is 425 g/mol. The number of nitrogens with one attached hydrogen (secondary N) is 1. The third-order valence-electron chi connectivity index (χ3n) is 5.28. The Hall–Kier alpha value is -4.46. The SMILES string of the molecule is COc1cccc(NC(=O)c2ccc3c(=O)n(-c4ccccc4)c4nnc(C)n4c3c2)c1. The van der Waals surface area contributed by atoms with E-state index < -0.39 is 0 Å². The monoisotopic (exact) mass is 425 g/mol. The van der Waals surface area contributed by atoms with Crippen LogP contribution in [0.3, 0.4) is 0 Å². The Balaban J connectivity index is 1.66. The third kappa shape index (κ3) is 3.18. The molecule has 1 N–H and O–H groups in total. The molecular formula is C24H19N5O3. The zero-order valence-corrected chi connectivity index (χ0v) is 17.4. The number of para-hydroxylation sites is 1. The molecule has 0 radical (unpaired) electrons. The van der Waals surface area contributed by atoms with Crippen molar-refractivity contribution in [3.05, 3.63) is 94.5 Å². The smallest absolute Gasteiger partial charge is 0.267 e. The lowest BCUT2D eigenvalue weighted by molar-refractivity contribution is 0.102. The highest BCUT2D eigenvalue weighted by molar-refractivity contribution is 6.06. The highest BCUT2D eigenvalue weighted by Crippen LogP contribution is 2.21. The number of amides is 1. The first-order chi connectivity index (χ1) is 15.6. The molecule has 0 aliphatic heterocycles. The van der Waals surface area contributed by atoms with Gasteiger partial charge in [-0.05, 0) is 49.4 Å². The van der Waals surface area contributed by atoms with Crippen molar-refractivity contribution >= 4 is 28.3 Å². The maximum Gasteiger partial charge on any atom is 0.267 e. The normalized spacial score (nSPS) is 11.1. The zero-order valence-electron chi connectivity index (χ0n) is 17.4. The largest absolute Gasteiger partial charge is 0.497 e. The molecule has 0 fully saturated rings. The summed E-state index contributed by atoms with van der Waals surface area (Å²) in [6, 6.07) is 21.4. The third-order valence-corrected chi connectivity index (χ3v) is 5.28. The van der Waals surface area contributed by atoms with Crippen molar-refractivity contribution < 1.29 is 9.53 Å². The maximum absolute atomic E-state index is 13.4. The van der Waals surface area contributed by atoms with E-state index in [2.05, 4.69) is 15.5 Å². The molecule has 2 aromatic heterocycles. The number of benzene rings is 3. The van der Waals surface area contributed by atoms with Crippen LogP contribution in [-0.4, -0.2) is 32.2 Å². The van der Waals surface area contributed by atoms with Crippen molar-refractivity contribution in [2.75, 3.05) is 12.4 Å². The van der Waals surface area contributed by atoms with E-state index >= 15 is 0 Å². The minimum absolute atomic E-state index is 0.231.